The van der Waals surface area contributed by atoms with Gasteiger partial charge in [-0.25, -0.2) is 0 Å². The Morgan fingerprint density at radius 2 is 2.06 bits per heavy atom. The Balaban J connectivity index is 2.59. The van der Waals surface area contributed by atoms with E-state index in [1.807, 2.05) is 37.0 Å². The van der Waals surface area contributed by atoms with E-state index in [9.17, 15) is 0 Å². The first kappa shape index (κ1) is 14.2. The van der Waals surface area contributed by atoms with Gasteiger partial charge in [-0.3, -0.25) is 0 Å². The lowest BCUT2D eigenvalue weighted by atomic mass is 10.0. The van der Waals surface area contributed by atoms with Crippen molar-refractivity contribution in [2.45, 2.75) is 18.9 Å². The lowest BCUT2D eigenvalue weighted by molar-refractivity contribution is 0.547. The molecule has 0 spiro atoms. The molecule has 1 aromatic carbocycles. The van der Waals surface area contributed by atoms with Gasteiger partial charge in [0.15, 0.2) is 0 Å². The Hall–Kier alpha value is 0.110. The summed E-state index contributed by atoms with van der Waals surface area (Å²) in [6, 6.07) is 6.36. The van der Waals surface area contributed by atoms with Crippen LogP contribution in [-0.4, -0.2) is 25.1 Å². The zero-order valence-corrected chi connectivity index (χ0v) is 11.9. The van der Waals surface area contributed by atoms with Crippen LogP contribution in [0, 0.1) is 0 Å². The summed E-state index contributed by atoms with van der Waals surface area (Å²) < 4.78 is 0. The Bertz CT molecular complexity index is 331. The summed E-state index contributed by atoms with van der Waals surface area (Å²) in [6.45, 7) is 0. The third-order valence-corrected chi connectivity index (χ3v) is 3.93. The van der Waals surface area contributed by atoms with Gasteiger partial charge in [-0.05, 0) is 49.6 Å². The topological polar surface area (TPSA) is 12.0 Å². The lowest BCUT2D eigenvalue weighted by Gasteiger charge is -2.15. The number of thioether (sulfide) groups is 1. The highest BCUT2D eigenvalue weighted by Crippen LogP contribution is 2.23. The third-order valence-electron chi connectivity index (χ3n) is 2.54. The van der Waals surface area contributed by atoms with Crippen LogP contribution in [0.4, 0.5) is 0 Å². The standard InChI is InChI=1S/C12H17Cl2NS/c1-15-10(5-6-16-2)7-9-3-4-11(13)12(14)8-9/h3-4,8,10,15H,5-7H2,1-2H3. The average Bonchev–Trinajstić information content (AvgIpc) is 2.29. The molecule has 1 N–H and O–H groups in total. The van der Waals surface area contributed by atoms with Gasteiger partial charge in [-0.1, -0.05) is 29.3 Å². The SMILES string of the molecule is CNC(CCSC)Cc1ccc(Cl)c(Cl)c1. The van der Waals surface area contributed by atoms with Gasteiger partial charge < -0.3 is 5.32 Å². The van der Waals surface area contributed by atoms with Crippen LogP contribution in [0.2, 0.25) is 10.0 Å². The minimum atomic E-state index is 0.504. The Morgan fingerprint density at radius 1 is 1.31 bits per heavy atom. The number of hydrogen-bond donors (Lipinski definition) is 1. The maximum absolute atomic E-state index is 5.99. The molecule has 0 heterocycles. The van der Waals surface area contributed by atoms with Crippen LogP contribution in [0.3, 0.4) is 0 Å². The van der Waals surface area contributed by atoms with Crippen LogP contribution in [0.25, 0.3) is 0 Å². The molecule has 1 unspecified atom stereocenters. The van der Waals surface area contributed by atoms with Crippen LogP contribution in [0.15, 0.2) is 18.2 Å². The van der Waals surface area contributed by atoms with Crippen LogP contribution in [-0.2, 0) is 6.42 Å². The fourth-order valence-electron chi connectivity index (χ4n) is 1.56. The van der Waals surface area contributed by atoms with Crippen LogP contribution in [0.5, 0.6) is 0 Å². The fourth-order valence-corrected chi connectivity index (χ4v) is 2.40. The van der Waals surface area contributed by atoms with Gasteiger partial charge in [0.25, 0.3) is 0 Å². The lowest BCUT2D eigenvalue weighted by Crippen LogP contribution is -2.28. The molecule has 1 atom stereocenters. The highest BCUT2D eigenvalue weighted by Gasteiger charge is 2.08. The molecule has 0 saturated heterocycles. The number of rotatable bonds is 6. The van der Waals surface area contributed by atoms with E-state index >= 15 is 0 Å². The first-order chi connectivity index (χ1) is 7.67. The van der Waals surface area contributed by atoms with Gasteiger partial charge in [0, 0.05) is 6.04 Å². The molecule has 4 heteroatoms. The normalized spacial score (nSPS) is 12.8. The van der Waals surface area contributed by atoms with E-state index in [1.54, 1.807) is 0 Å². The molecule has 0 amide bonds. The van der Waals surface area contributed by atoms with Crippen molar-refractivity contribution >= 4 is 35.0 Å². The number of benzene rings is 1. The predicted molar refractivity (Wildman–Crippen MR) is 76.0 cm³/mol. The quantitative estimate of drug-likeness (QED) is 0.847. The van der Waals surface area contributed by atoms with Crippen molar-refractivity contribution in [3.8, 4) is 0 Å². The number of hydrogen-bond acceptors (Lipinski definition) is 2. The molecule has 0 aliphatic carbocycles. The van der Waals surface area contributed by atoms with Gasteiger partial charge >= 0.3 is 0 Å². The number of likely N-dealkylation sites (N-methyl/N-ethyl adjacent to an activating group) is 1. The molecule has 0 fully saturated rings. The van der Waals surface area contributed by atoms with E-state index in [0.717, 1.165) is 12.8 Å². The Labute approximate surface area is 112 Å². The molecular weight excluding hydrogens is 261 g/mol. The van der Waals surface area contributed by atoms with Gasteiger partial charge in [0.1, 0.15) is 0 Å². The highest BCUT2D eigenvalue weighted by molar-refractivity contribution is 7.98. The molecule has 0 aromatic heterocycles. The van der Waals surface area contributed by atoms with Crippen LogP contribution < -0.4 is 5.32 Å². The van der Waals surface area contributed by atoms with E-state index in [-0.39, 0.29) is 0 Å². The summed E-state index contributed by atoms with van der Waals surface area (Å²) in [7, 11) is 2.00. The molecule has 16 heavy (non-hydrogen) atoms. The molecule has 0 bridgehead atoms. The summed E-state index contributed by atoms with van der Waals surface area (Å²) in [6.07, 6.45) is 4.29. The Morgan fingerprint density at radius 3 is 2.62 bits per heavy atom. The molecule has 90 valence electrons. The fraction of sp³-hybridized carbons (Fsp3) is 0.500. The minimum Gasteiger partial charge on any atom is -0.317 e. The molecule has 1 aromatic rings. The molecule has 1 nitrogen and oxygen atoms in total. The van der Waals surface area contributed by atoms with E-state index in [0.29, 0.717) is 16.1 Å². The number of nitrogens with one attached hydrogen (secondary N) is 1. The van der Waals surface area contributed by atoms with E-state index in [1.165, 1.54) is 11.3 Å². The first-order valence-corrected chi connectivity index (χ1v) is 7.42. The van der Waals surface area contributed by atoms with Crippen molar-refractivity contribution in [1.29, 1.82) is 0 Å². The summed E-state index contributed by atoms with van der Waals surface area (Å²) in [5.41, 5.74) is 1.23. The van der Waals surface area contributed by atoms with Crippen LogP contribution in [0.1, 0.15) is 12.0 Å². The first-order valence-electron chi connectivity index (χ1n) is 5.27. The van der Waals surface area contributed by atoms with Crippen molar-refractivity contribution in [3.05, 3.63) is 33.8 Å². The van der Waals surface area contributed by atoms with Gasteiger partial charge in [0.05, 0.1) is 10.0 Å². The largest absolute Gasteiger partial charge is 0.317 e. The van der Waals surface area contributed by atoms with E-state index < -0.39 is 0 Å². The highest BCUT2D eigenvalue weighted by atomic mass is 35.5. The average molecular weight is 278 g/mol. The maximum atomic E-state index is 5.99. The van der Waals surface area contributed by atoms with E-state index in [4.69, 9.17) is 23.2 Å². The second kappa shape index (κ2) is 7.44. The van der Waals surface area contributed by atoms with Crippen molar-refractivity contribution in [3.63, 3.8) is 0 Å². The minimum absolute atomic E-state index is 0.504. The smallest absolute Gasteiger partial charge is 0.0595 e. The Kier molecular flexibility index (Phi) is 6.59. The number of halogens is 2. The molecule has 0 saturated carbocycles. The summed E-state index contributed by atoms with van der Waals surface area (Å²) in [5, 5.41) is 4.59. The van der Waals surface area contributed by atoms with Gasteiger partial charge in [-0.2, -0.15) is 11.8 Å². The molecule has 0 radical (unpaired) electrons. The zero-order chi connectivity index (χ0) is 12.0. The predicted octanol–water partition coefficient (Wildman–Crippen LogP) is 3.88. The van der Waals surface area contributed by atoms with Crippen molar-refractivity contribution in [2.75, 3.05) is 19.1 Å². The molecular formula is C12H17Cl2NS. The van der Waals surface area contributed by atoms with Gasteiger partial charge in [0.2, 0.25) is 0 Å². The van der Waals surface area contributed by atoms with Gasteiger partial charge in [-0.15, -0.1) is 0 Å². The summed E-state index contributed by atoms with van der Waals surface area (Å²) in [4.78, 5) is 0. The maximum Gasteiger partial charge on any atom is 0.0595 e. The second-order valence-electron chi connectivity index (χ2n) is 3.72. The molecule has 0 aliphatic rings. The van der Waals surface area contributed by atoms with Crippen molar-refractivity contribution in [1.82, 2.24) is 5.32 Å². The zero-order valence-electron chi connectivity index (χ0n) is 9.59. The van der Waals surface area contributed by atoms with E-state index in [2.05, 4.69) is 11.6 Å². The monoisotopic (exact) mass is 277 g/mol. The molecule has 0 aliphatic heterocycles. The summed E-state index contributed by atoms with van der Waals surface area (Å²) in [5.74, 6) is 1.17. The molecule has 1 rings (SSSR count). The van der Waals surface area contributed by atoms with Crippen molar-refractivity contribution in [2.24, 2.45) is 0 Å². The van der Waals surface area contributed by atoms with Crippen LogP contribution >= 0.6 is 35.0 Å². The summed E-state index contributed by atoms with van der Waals surface area (Å²) >= 11 is 13.7. The third kappa shape index (κ3) is 4.54. The second-order valence-corrected chi connectivity index (χ2v) is 5.52. The van der Waals surface area contributed by atoms with Crippen molar-refractivity contribution < 1.29 is 0 Å².